The Labute approximate surface area is 131 Å². The van der Waals surface area contributed by atoms with Gasteiger partial charge < -0.3 is 15.8 Å². The fourth-order valence-corrected chi connectivity index (χ4v) is 3.23. The molecule has 1 aromatic rings. The first kappa shape index (κ1) is 16.0. The highest BCUT2D eigenvalue weighted by Crippen LogP contribution is 2.34. The van der Waals surface area contributed by atoms with E-state index >= 15 is 0 Å². The van der Waals surface area contributed by atoms with E-state index < -0.39 is 5.97 Å². The minimum Gasteiger partial charge on any atom is -0.462 e. The van der Waals surface area contributed by atoms with Crippen LogP contribution in [0.4, 0.5) is 11.4 Å². The quantitative estimate of drug-likeness (QED) is 0.635. The monoisotopic (exact) mass is 310 g/mol. The number of nitrogens with two attached hydrogens (primary N) is 1. The molecule has 3 N–H and O–H groups in total. The van der Waals surface area contributed by atoms with Gasteiger partial charge in [-0.25, -0.2) is 4.79 Å². The number of nitrogens with one attached hydrogen (secondary N) is 1. The number of anilines is 2. The number of nitrogen functional groups attached to an aromatic ring is 1. The predicted octanol–water partition coefficient (Wildman–Crippen LogP) is 4.09. The van der Waals surface area contributed by atoms with E-state index in [4.69, 9.17) is 22.1 Å². The van der Waals surface area contributed by atoms with Crippen molar-refractivity contribution < 1.29 is 9.53 Å². The lowest BCUT2D eigenvalue weighted by atomic mass is 9.99. The van der Waals surface area contributed by atoms with Crippen molar-refractivity contribution >= 4 is 28.9 Å². The van der Waals surface area contributed by atoms with Crippen LogP contribution >= 0.6 is 11.6 Å². The van der Waals surface area contributed by atoms with E-state index in [0.29, 0.717) is 34.5 Å². The maximum Gasteiger partial charge on any atom is 0.340 e. The van der Waals surface area contributed by atoms with Crippen molar-refractivity contribution in [1.29, 1.82) is 0 Å². The Bertz CT molecular complexity index is 513. The van der Waals surface area contributed by atoms with Crippen LogP contribution in [0, 0.1) is 5.92 Å². The molecular formula is C16H23ClN2O2. The average molecular weight is 311 g/mol. The third kappa shape index (κ3) is 3.82. The summed E-state index contributed by atoms with van der Waals surface area (Å²) < 4.78 is 5.09. The van der Waals surface area contributed by atoms with Crippen molar-refractivity contribution in [3.05, 3.63) is 22.7 Å². The zero-order valence-corrected chi connectivity index (χ0v) is 13.4. The number of benzene rings is 1. The molecule has 5 heteroatoms. The number of ether oxygens (including phenoxy) is 1. The standard InChI is InChI=1S/C16H23ClN2O2/c1-3-21-16(20)13-8-12(18)9-14(17)15(13)19-10(2)11-6-4-5-7-11/h8-11,19H,3-7,18H2,1-2H3. The van der Waals surface area contributed by atoms with Gasteiger partial charge in [0.2, 0.25) is 0 Å². The van der Waals surface area contributed by atoms with Crippen molar-refractivity contribution in [3.8, 4) is 0 Å². The Balaban J connectivity index is 2.25. The maximum absolute atomic E-state index is 12.1. The van der Waals surface area contributed by atoms with Crippen LogP contribution in [-0.4, -0.2) is 18.6 Å². The molecule has 1 fully saturated rings. The summed E-state index contributed by atoms with van der Waals surface area (Å²) in [6, 6.07) is 3.54. The minimum absolute atomic E-state index is 0.266. The molecule has 2 rings (SSSR count). The Morgan fingerprint density at radius 1 is 1.48 bits per heavy atom. The molecule has 0 saturated heterocycles. The lowest BCUT2D eigenvalue weighted by molar-refractivity contribution is 0.0527. The van der Waals surface area contributed by atoms with Gasteiger partial charge in [0.25, 0.3) is 0 Å². The third-order valence-corrected chi connectivity index (χ3v) is 4.38. The summed E-state index contributed by atoms with van der Waals surface area (Å²) in [5, 5.41) is 3.86. The maximum atomic E-state index is 12.1. The third-order valence-electron chi connectivity index (χ3n) is 4.09. The van der Waals surface area contributed by atoms with Gasteiger partial charge in [-0.15, -0.1) is 0 Å². The van der Waals surface area contributed by atoms with E-state index in [1.807, 2.05) is 0 Å². The van der Waals surface area contributed by atoms with Crippen molar-refractivity contribution in [2.45, 2.75) is 45.6 Å². The zero-order valence-electron chi connectivity index (χ0n) is 12.6. The fourth-order valence-electron chi connectivity index (χ4n) is 2.95. The second kappa shape index (κ2) is 7.03. The SMILES string of the molecule is CCOC(=O)c1cc(N)cc(Cl)c1NC(C)C1CCCC1. The number of carbonyl (C=O) groups excluding carboxylic acids is 1. The predicted molar refractivity (Wildman–Crippen MR) is 86.9 cm³/mol. The van der Waals surface area contributed by atoms with Gasteiger partial charge in [0.05, 0.1) is 22.9 Å². The lowest BCUT2D eigenvalue weighted by Crippen LogP contribution is -2.25. The molecule has 0 heterocycles. The Hall–Kier alpha value is -1.42. The van der Waals surface area contributed by atoms with E-state index in [2.05, 4.69) is 12.2 Å². The van der Waals surface area contributed by atoms with E-state index in [0.717, 1.165) is 0 Å². The smallest absolute Gasteiger partial charge is 0.340 e. The summed E-state index contributed by atoms with van der Waals surface area (Å²) in [7, 11) is 0. The number of hydrogen-bond donors (Lipinski definition) is 2. The molecule has 1 aliphatic carbocycles. The van der Waals surface area contributed by atoms with Gasteiger partial charge in [-0.05, 0) is 44.7 Å². The number of carbonyl (C=O) groups is 1. The lowest BCUT2D eigenvalue weighted by Gasteiger charge is -2.24. The largest absolute Gasteiger partial charge is 0.462 e. The normalized spacial score (nSPS) is 16.7. The molecule has 0 radical (unpaired) electrons. The molecule has 0 spiro atoms. The summed E-state index contributed by atoms with van der Waals surface area (Å²) in [5.41, 5.74) is 7.29. The second-order valence-corrected chi connectivity index (χ2v) is 6.03. The number of halogens is 1. The highest BCUT2D eigenvalue weighted by molar-refractivity contribution is 6.34. The van der Waals surface area contributed by atoms with Crippen LogP contribution in [0.2, 0.25) is 5.02 Å². The molecule has 0 aromatic heterocycles. The Kier molecular flexibility index (Phi) is 5.34. The van der Waals surface area contributed by atoms with E-state index in [1.54, 1.807) is 19.1 Å². The average Bonchev–Trinajstić information content (AvgIpc) is 2.95. The van der Waals surface area contributed by atoms with Gasteiger partial charge >= 0.3 is 5.97 Å². The molecule has 21 heavy (non-hydrogen) atoms. The first-order chi connectivity index (χ1) is 10.0. The topological polar surface area (TPSA) is 64.3 Å². The van der Waals surface area contributed by atoms with Crippen LogP contribution in [0.25, 0.3) is 0 Å². The second-order valence-electron chi connectivity index (χ2n) is 5.62. The van der Waals surface area contributed by atoms with E-state index in [-0.39, 0.29) is 6.04 Å². The van der Waals surface area contributed by atoms with Gasteiger partial charge in [0, 0.05) is 11.7 Å². The van der Waals surface area contributed by atoms with Gasteiger partial charge in [0.1, 0.15) is 0 Å². The van der Waals surface area contributed by atoms with Crippen LogP contribution in [-0.2, 0) is 4.74 Å². The Morgan fingerprint density at radius 2 is 2.14 bits per heavy atom. The molecule has 1 atom stereocenters. The first-order valence-corrected chi connectivity index (χ1v) is 7.93. The van der Waals surface area contributed by atoms with Crippen LogP contribution in [0.3, 0.4) is 0 Å². The summed E-state index contributed by atoms with van der Waals surface area (Å²) >= 11 is 6.28. The summed E-state index contributed by atoms with van der Waals surface area (Å²) in [6.07, 6.45) is 4.98. The van der Waals surface area contributed by atoms with Crippen LogP contribution in [0.5, 0.6) is 0 Å². The summed E-state index contributed by atoms with van der Waals surface area (Å²) in [6.45, 7) is 4.24. The first-order valence-electron chi connectivity index (χ1n) is 7.55. The molecule has 0 aliphatic heterocycles. The highest BCUT2D eigenvalue weighted by Gasteiger charge is 2.24. The summed E-state index contributed by atoms with van der Waals surface area (Å²) in [5.74, 6) is 0.224. The van der Waals surface area contributed by atoms with Crippen LogP contribution < -0.4 is 11.1 Å². The van der Waals surface area contributed by atoms with Crippen molar-refractivity contribution in [2.75, 3.05) is 17.7 Å². The Morgan fingerprint density at radius 3 is 2.76 bits per heavy atom. The molecule has 1 aromatic carbocycles. The minimum atomic E-state index is -0.396. The number of esters is 1. The molecule has 0 amide bonds. The van der Waals surface area contributed by atoms with Gasteiger partial charge in [0.15, 0.2) is 0 Å². The summed E-state index contributed by atoms with van der Waals surface area (Å²) in [4.78, 5) is 12.1. The molecule has 1 aliphatic rings. The van der Waals surface area contributed by atoms with Gasteiger partial charge in [-0.2, -0.15) is 0 Å². The molecular weight excluding hydrogens is 288 g/mol. The van der Waals surface area contributed by atoms with Crippen molar-refractivity contribution in [2.24, 2.45) is 5.92 Å². The molecule has 1 saturated carbocycles. The highest BCUT2D eigenvalue weighted by atomic mass is 35.5. The van der Waals surface area contributed by atoms with Crippen LogP contribution in [0.15, 0.2) is 12.1 Å². The molecule has 4 nitrogen and oxygen atoms in total. The zero-order chi connectivity index (χ0) is 15.4. The number of hydrogen-bond acceptors (Lipinski definition) is 4. The van der Waals surface area contributed by atoms with Crippen LogP contribution in [0.1, 0.15) is 49.9 Å². The fraction of sp³-hybridized carbons (Fsp3) is 0.562. The van der Waals surface area contributed by atoms with Crippen molar-refractivity contribution in [1.82, 2.24) is 0 Å². The molecule has 1 unspecified atom stereocenters. The van der Waals surface area contributed by atoms with Gasteiger partial charge in [-0.1, -0.05) is 24.4 Å². The van der Waals surface area contributed by atoms with Gasteiger partial charge in [-0.3, -0.25) is 0 Å². The van der Waals surface area contributed by atoms with E-state index in [9.17, 15) is 4.79 Å². The van der Waals surface area contributed by atoms with Crippen molar-refractivity contribution in [3.63, 3.8) is 0 Å². The van der Waals surface area contributed by atoms with E-state index in [1.165, 1.54) is 25.7 Å². The molecule has 116 valence electrons. The number of rotatable bonds is 5. The molecule has 0 bridgehead atoms.